The SMILES string of the molecule is C[C@@H](C(=O)N1CC[C@@H](Oc2cccnc2N2CCCC2)C1)n1cncn1. The van der Waals surface area contributed by atoms with Crippen molar-refractivity contribution in [3.8, 4) is 5.75 Å². The third-order valence-corrected chi connectivity index (χ3v) is 5.10. The summed E-state index contributed by atoms with van der Waals surface area (Å²) in [7, 11) is 0. The molecule has 4 rings (SSSR count). The van der Waals surface area contributed by atoms with Crippen molar-refractivity contribution >= 4 is 11.7 Å². The number of amides is 1. The predicted octanol–water partition coefficient (Wildman–Crippen LogP) is 1.51. The highest BCUT2D eigenvalue weighted by Gasteiger charge is 2.32. The van der Waals surface area contributed by atoms with Crippen molar-refractivity contribution in [2.24, 2.45) is 0 Å². The summed E-state index contributed by atoms with van der Waals surface area (Å²) in [5, 5.41) is 4.06. The molecule has 2 saturated heterocycles. The van der Waals surface area contributed by atoms with Gasteiger partial charge in [0, 0.05) is 32.3 Å². The first-order valence-corrected chi connectivity index (χ1v) is 9.22. The maximum absolute atomic E-state index is 12.7. The Bertz CT molecular complexity index is 744. The van der Waals surface area contributed by atoms with Crippen LogP contribution in [-0.2, 0) is 4.79 Å². The standard InChI is InChI=1S/C18H24N6O2/c1-14(24-13-19-12-21-24)18(25)23-10-6-15(11-23)26-16-5-4-7-20-17(16)22-8-2-3-9-22/h4-5,7,12-15H,2-3,6,8-11H2,1H3/t14-,15+/m0/s1. The molecule has 138 valence electrons. The Labute approximate surface area is 152 Å². The molecule has 0 N–H and O–H groups in total. The molecule has 2 atom stereocenters. The molecule has 0 unspecified atom stereocenters. The Kier molecular flexibility index (Phi) is 4.73. The number of nitrogens with zero attached hydrogens (tertiary/aromatic N) is 6. The molecule has 2 aliphatic heterocycles. The third-order valence-electron chi connectivity index (χ3n) is 5.10. The summed E-state index contributed by atoms with van der Waals surface area (Å²) in [4.78, 5) is 25.2. The van der Waals surface area contributed by atoms with Crippen LogP contribution in [0.4, 0.5) is 5.82 Å². The summed E-state index contributed by atoms with van der Waals surface area (Å²) in [6.07, 6.45) is 8.04. The molecule has 8 nitrogen and oxygen atoms in total. The number of carbonyl (C=O) groups excluding carboxylic acids is 1. The molecule has 0 radical (unpaired) electrons. The average Bonchev–Trinajstić information content (AvgIpc) is 3.42. The van der Waals surface area contributed by atoms with Crippen molar-refractivity contribution in [2.45, 2.75) is 38.3 Å². The lowest BCUT2D eigenvalue weighted by Gasteiger charge is -2.23. The average molecular weight is 356 g/mol. The molecule has 0 saturated carbocycles. The molecule has 4 heterocycles. The van der Waals surface area contributed by atoms with Gasteiger partial charge in [0.1, 0.15) is 24.8 Å². The molecule has 2 aromatic rings. The van der Waals surface area contributed by atoms with Gasteiger partial charge in [-0.3, -0.25) is 4.79 Å². The van der Waals surface area contributed by atoms with E-state index in [0.717, 1.165) is 31.1 Å². The summed E-state index contributed by atoms with van der Waals surface area (Å²) in [6, 6.07) is 3.53. The maximum Gasteiger partial charge on any atom is 0.247 e. The highest BCUT2D eigenvalue weighted by Crippen LogP contribution is 2.30. The minimum absolute atomic E-state index is 0.00699. The number of pyridine rings is 1. The smallest absolute Gasteiger partial charge is 0.247 e. The van der Waals surface area contributed by atoms with E-state index in [1.54, 1.807) is 11.0 Å². The van der Waals surface area contributed by atoms with Gasteiger partial charge in [0.25, 0.3) is 0 Å². The molecule has 2 aliphatic rings. The Morgan fingerprint density at radius 3 is 2.92 bits per heavy atom. The molecular weight excluding hydrogens is 332 g/mol. The molecule has 0 spiro atoms. The van der Waals surface area contributed by atoms with Gasteiger partial charge in [0.2, 0.25) is 5.91 Å². The van der Waals surface area contributed by atoms with Crippen LogP contribution in [-0.4, -0.2) is 62.8 Å². The summed E-state index contributed by atoms with van der Waals surface area (Å²) < 4.78 is 7.82. The number of ether oxygens (including phenoxy) is 1. The zero-order valence-electron chi connectivity index (χ0n) is 15.0. The lowest BCUT2D eigenvalue weighted by molar-refractivity contribution is -0.133. The molecule has 2 aromatic heterocycles. The zero-order valence-corrected chi connectivity index (χ0v) is 15.0. The predicted molar refractivity (Wildman–Crippen MR) is 96.0 cm³/mol. The lowest BCUT2D eigenvalue weighted by atomic mass is 10.3. The fourth-order valence-electron chi connectivity index (χ4n) is 3.64. The van der Waals surface area contributed by atoms with Gasteiger partial charge >= 0.3 is 0 Å². The Hall–Kier alpha value is -2.64. The Morgan fingerprint density at radius 1 is 1.31 bits per heavy atom. The van der Waals surface area contributed by atoms with E-state index in [1.807, 2.05) is 30.2 Å². The van der Waals surface area contributed by atoms with E-state index < -0.39 is 0 Å². The second kappa shape index (κ2) is 7.31. The Balaban J connectivity index is 1.40. The maximum atomic E-state index is 12.7. The lowest BCUT2D eigenvalue weighted by Crippen LogP contribution is -2.36. The monoisotopic (exact) mass is 356 g/mol. The van der Waals surface area contributed by atoms with Crippen LogP contribution in [0, 0.1) is 0 Å². The number of rotatable bonds is 5. The topological polar surface area (TPSA) is 76.4 Å². The summed E-state index contributed by atoms with van der Waals surface area (Å²) in [5.41, 5.74) is 0. The van der Waals surface area contributed by atoms with Crippen LogP contribution in [0.2, 0.25) is 0 Å². The minimum atomic E-state index is -0.352. The normalized spacial score (nSPS) is 21.2. The fraction of sp³-hybridized carbons (Fsp3) is 0.556. The molecule has 2 fully saturated rings. The van der Waals surface area contributed by atoms with Gasteiger partial charge in [-0.05, 0) is 31.9 Å². The van der Waals surface area contributed by atoms with E-state index in [1.165, 1.54) is 19.2 Å². The molecule has 26 heavy (non-hydrogen) atoms. The number of carbonyl (C=O) groups is 1. The van der Waals surface area contributed by atoms with Gasteiger partial charge < -0.3 is 14.5 Å². The summed E-state index contributed by atoms with van der Waals surface area (Å²) in [5.74, 6) is 1.79. The molecular formula is C18H24N6O2. The van der Waals surface area contributed by atoms with E-state index in [9.17, 15) is 4.79 Å². The van der Waals surface area contributed by atoms with E-state index in [-0.39, 0.29) is 18.1 Å². The number of aromatic nitrogens is 4. The van der Waals surface area contributed by atoms with E-state index >= 15 is 0 Å². The van der Waals surface area contributed by atoms with Gasteiger partial charge in [0.15, 0.2) is 11.6 Å². The minimum Gasteiger partial charge on any atom is -0.485 e. The van der Waals surface area contributed by atoms with Gasteiger partial charge in [-0.1, -0.05) is 0 Å². The molecule has 1 amide bonds. The molecule has 0 bridgehead atoms. The van der Waals surface area contributed by atoms with Crippen LogP contribution in [0.25, 0.3) is 0 Å². The third kappa shape index (κ3) is 3.36. The number of hydrogen-bond acceptors (Lipinski definition) is 6. The highest BCUT2D eigenvalue weighted by atomic mass is 16.5. The first-order valence-electron chi connectivity index (χ1n) is 9.22. The Morgan fingerprint density at radius 2 is 2.15 bits per heavy atom. The van der Waals surface area contributed by atoms with Crippen molar-refractivity contribution in [3.63, 3.8) is 0 Å². The number of hydrogen-bond donors (Lipinski definition) is 0. The van der Waals surface area contributed by atoms with Crippen molar-refractivity contribution in [1.29, 1.82) is 0 Å². The van der Waals surface area contributed by atoms with Crippen LogP contribution >= 0.6 is 0 Å². The number of anilines is 1. The quantitative estimate of drug-likeness (QED) is 0.808. The molecule has 8 heteroatoms. The van der Waals surface area contributed by atoms with Crippen LogP contribution in [0.3, 0.4) is 0 Å². The largest absolute Gasteiger partial charge is 0.485 e. The van der Waals surface area contributed by atoms with Crippen LogP contribution in [0.5, 0.6) is 5.75 Å². The highest BCUT2D eigenvalue weighted by molar-refractivity contribution is 5.80. The van der Waals surface area contributed by atoms with Crippen molar-refractivity contribution < 1.29 is 9.53 Å². The van der Waals surface area contributed by atoms with Crippen molar-refractivity contribution in [1.82, 2.24) is 24.6 Å². The van der Waals surface area contributed by atoms with Gasteiger partial charge in [0.05, 0.1) is 6.54 Å². The van der Waals surface area contributed by atoms with Gasteiger partial charge in [-0.25, -0.2) is 14.6 Å². The van der Waals surface area contributed by atoms with Gasteiger partial charge in [-0.15, -0.1) is 0 Å². The first kappa shape index (κ1) is 16.8. The van der Waals surface area contributed by atoms with Gasteiger partial charge in [-0.2, -0.15) is 5.10 Å². The summed E-state index contributed by atoms with van der Waals surface area (Å²) in [6.45, 7) is 5.18. The summed E-state index contributed by atoms with van der Waals surface area (Å²) >= 11 is 0. The van der Waals surface area contributed by atoms with Crippen LogP contribution < -0.4 is 9.64 Å². The van der Waals surface area contributed by atoms with E-state index in [0.29, 0.717) is 13.1 Å². The second-order valence-corrected chi connectivity index (χ2v) is 6.88. The first-order chi connectivity index (χ1) is 12.7. The van der Waals surface area contributed by atoms with E-state index in [4.69, 9.17) is 4.74 Å². The zero-order chi connectivity index (χ0) is 17.9. The fourth-order valence-corrected chi connectivity index (χ4v) is 3.64. The molecule has 0 aliphatic carbocycles. The molecule has 0 aromatic carbocycles. The van der Waals surface area contributed by atoms with E-state index in [2.05, 4.69) is 20.0 Å². The van der Waals surface area contributed by atoms with Crippen LogP contribution in [0.15, 0.2) is 31.0 Å². The van der Waals surface area contributed by atoms with Crippen LogP contribution in [0.1, 0.15) is 32.2 Å². The number of likely N-dealkylation sites (tertiary alicyclic amines) is 1. The van der Waals surface area contributed by atoms with Crippen molar-refractivity contribution in [3.05, 3.63) is 31.0 Å². The second-order valence-electron chi connectivity index (χ2n) is 6.88. The van der Waals surface area contributed by atoms with Crippen molar-refractivity contribution in [2.75, 3.05) is 31.1 Å².